The zero-order chi connectivity index (χ0) is 23.8. The highest BCUT2D eigenvalue weighted by Crippen LogP contribution is 2.67. The lowest BCUT2D eigenvalue weighted by molar-refractivity contribution is -0.156. The second-order valence-corrected chi connectivity index (χ2v) is 11.3. The van der Waals surface area contributed by atoms with Crippen molar-refractivity contribution in [1.82, 2.24) is 0 Å². The summed E-state index contributed by atoms with van der Waals surface area (Å²) in [7, 11) is -1.08. The van der Waals surface area contributed by atoms with Gasteiger partial charge in [0, 0.05) is 14.2 Å². The summed E-state index contributed by atoms with van der Waals surface area (Å²) in [4.78, 5) is 25.0. The number of unbranched alkanes of at least 4 members (excludes halogenated alkanes) is 2. The highest BCUT2D eigenvalue weighted by Gasteiger charge is 2.65. The van der Waals surface area contributed by atoms with Crippen molar-refractivity contribution in [1.29, 1.82) is 0 Å². The van der Waals surface area contributed by atoms with E-state index in [2.05, 4.69) is 13.8 Å². The van der Waals surface area contributed by atoms with Crippen molar-refractivity contribution in [3.05, 3.63) is 0 Å². The first-order valence-electron chi connectivity index (χ1n) is 11.8. The van der Waals surface area contributed by atoms with Crippen molar-refractivity contribution < 1.29 is 33.4 Å². The predicted octanol–water partition coefficient (Wildman–Crippen LogP) is 5.92. The molecule has 1 aliphatic carbocycles. The van der Waals surface area contributed by atoms with E-state index in [1.54, 1.807) is 0 Å². The molecule has 0 radical (unpaired) electrons. The van der Waals surface area contributed by atoms with Gasteiger partial charge in [-0.15, -0.1) is 0 Å². The SMILES string of the molecule is CCCCC(CC)C1C(C(=O)O)C(C(=O)O)C(C(CC)CCCC)C1P(=O)(OC)OC. The molecule has 0 aromatic rings. The molecule has 1 aliphatic rings. The number of rotatable bonds is 15. The molecule has 0 bridgehead atoms. The Morgan fingerprint density at radius 2 is 1.16 bits per heavy atom. The van der Waals surface area contributed by atoms with Crippen LogP contribution in [0.15, 0.2) is 0 Å². The fraction of sp³-hybridized carbons (Fsp3) is 0.913. The third-order valence-corrected chi connectivity index (χ3v) is 9.88. The molecule has 0 aliphatic heterocycles. The van der Waals surface area contributed by atoms with Crippen LogP contribution in [0, 0.1) is 35.5 Å². The van der Waals surface area contributed by atoms with E-state index in [4.69, 9.17) is 9.05 Å². The average Bonchev–Trinajstić information content (AvgIpc) is 3.11. The minimum atomic E-state index is -3.72. The van der Waals surface area contributed by atoms with Crippen LogP contribution < -0.4 is 0 Å². The lowest BCUT2D eigenvalue weighted by atomic mass is 9.76. The molecule has 8 heteroatoms. The zero-order valence-corrected chi connectivity index (χ0v) is 21.0. The second kappa shape index (κ2) is 13.0. The summed E-state index contributed by atoms with van der Waals surface area (Å²) in [5.41, 5.74) is -0.742. The molecule has 2 N–H and O–H groups in total. The van der Waals surface area contributed by atoms with Gasteiger partial charge in [-0.1, -0.05) is 79.1 Å². The Labute approximate surface area is 187 Å². The number of hydrogen-bond acceptors (Lipinski definition) is 5. The maximum absolute atomic E-state index is 13.9. The number of hydrogen-bond donors (Lipinski definition) is 2. The van der Waals surface area contributed by atoms with Crippen LogP contribution in [0.2, 0.25) is 0 Å². The van der Waals surface area contributed by atoms with E-state index < -0.39 is 48.9 Å². The van der Waals surface area contributed by atoms with Crippen molar-refractivity contribution in [3.63, 3.8) is 0 Å². The first-order chi connectivity index (χ1) is 14.7. The molecule has 7 nitrogen and oxygen atoms in total. The Morgan fingerprint density at radius 1 is 0.806 bits per heavy atom. The van der Waals surface area contributed by atoms with Gasteiger partial charge in [0.05, 0.1) is 17.5 Å². The Morgan fingerprint density at radius 3 is 1.39 bits per heavy atom. The zero-order valence-electron chi connectivity index (χ0n) is 20.1. The summed E-state index contributed by atoms with van der Waals surface area (Å²) in [6.45, 7) is 8.14. The van der Waals surface area contributed by atoms with E-state index in [0.29, 0.717) is 12.8 Å². The van der Waals surface area contributed by atoms with Crippen LogP contribution in [-0.4, -0.2) is 42.0 Å². The maximum Gasteiger partial charge on any atom is 0.333 e. The van der Waals surface area contributed by atoms with Gasteiger partial charge >= 0.3 is 19.5 Å². The molecule has 182 valence electrons. The molecule has 6 atom stereocenters. The predicted molar refractivity (Wildman–Crippen MR) is 121 cm³/mol. The van der Waals surface area contributed by atoms with Crippen molar-refractivity contribution in [2.75, 3.05) is 14.2 Å². The lowest BCUT2D eigenvalue weighted by Gasteiger charge is -2.37. The highest BCUT2D eigenvalue weighted by atomic mass is 31.2. The van der Waals surface area contributed by atoms with Crippen molar-refractivity contribution in [2.24, 2.45) is 35.5 Å². The first kappa shape index (κ1) is 28.1. The fourth-order valence-corrected chi connectivity index (χ4v) is 8.29. The van der Waals surface area contributed by atoms with Gasteiger partial charge in [-0.3, -0.25) is 14.2 Å². The Balaban J connectivity index is 3.76. The molecule has 0 spiro atoms. The van der Waals surface area contributed by atoms with Crippen LogP contribution in [0.1, 0.15) is 79.1 Å². The molecule has 0 aromatic heterocycles. The van der Waals surface area contributed by atoms with Gasteiger partial charge in [-0.05, 0) is 23.7 Å². The summed E-state index contributed by atoms with van der Waals surface area (Å²) in [5, 5.41) is 20.4. The molecule has 1 fully saturated rings. The monoisotopic (exact) mass is 462 g/mol. The Kier molecular flexibility index (Phi) is 11.8. The number of carbonyl (C=O) groups is 2. The molecular formula is C23H43O7P. The van der Waals surface area contributed by atoms with Crippen LogP contribution in [0.3, 0.4) is 0 Å². The smallest absolute Gasteiger partial charge is 0.333 e. The van der Waals surface area contributed by atoms with E-state index in [-0.39, 0.29) is 11.8 Å². The molecule has 0 amide bonds. The molecule has 1 saturated carbocycles. The summed E-state index contributed by atoms with van der Waals surface area (Å²) in [5.74, 6) is -5.70. The Bertz CT molecular complexity index is 575. The molecule has 0 heterocycles. The number of carboxylic acids is 2. The van der Waals surface area contributed by atoms with E-state index in [1.807, 2.05) is 13.8 Å². The Hall–Kier alpha value is -0.910. The lowest BCUT2D eigenvalue weighted by Crippen LogP contribution is -2.35. The maximum atomic E-state index is 13.9. The van der Waals surface area contributed by atoms with Crippen LogP contribution in [0.5, 0.6) is 0 Å². The standard InChI is InChI=1S/C23H43O7P/c1-7-11-13-15(9-3)17-19(22(24)25)20(23(26)27)18(16(10-4)14-12-8-2)21(17)31(28,29-5)30-6/h15-21H,7-14H2,1-6H3,(H,24,25)(H,26,27). The van der Waals surface area contributed by atoms with E-state index in [0.717, 1.165) is 38.5 Å². The van der Waals surface area contributed by atoms with Crippen LogP contribution in [0.4, 0.5) is 0 Å². The number of carboxylic acid groups (broad SMARTS) is 2. The van der Waals surface area contributed by atoms with Gasteiger partial charge < -0.3 is 19.3 Å². The third kappa shape index (κ3) is 6.11. The van der Waals surface area contributed by atoms with E-state index in [1.165, 1.54) is 14.2 Å². The van der Waals surface area contributed by atoms with Gasteiger partial charge in [-0.2, -0.15) is 0 Å². The molecule has 0 saturated heterocycles. The van der Waals surface area contributed by atoms with E-state index in [9.17, 15) is 24.4 Å². The number of aliphatic carboxylic acids is 2. The summed E-state index contributed by atoms with van der Waals surface area (Å²) < 4.78 is 24.7. The molecule has 1 rings (SSSR count). The van der Waals surface area contributed by atoms with Crippen molar-refractivity contribution in [2.45, 2.75) is 84.7 Å². The van der Waals surface area contributed by atoms with Gasteiger partial charge in [0.2, 0.25) is 0 Å². The fourth-order valence-electron chi connectivity index (χ4n) is 5.95. The van der Waals surface area contributed by atoms with Gasteiger partial charge in [-0.25, -0.2) is 0 Å². The van der Waals surface area contributed by atoms with Crippen LogP contribution in [-0.2, 0) is 23.2 Å². The highest BCUT2D eigenvalue weighted by molar-refractivity contribution is 7.54. The van der Waals surface area contributed by atoms with Crippen LogP contribution in [0.25, 0.3) is 0 Å². The van der Waals surface area contributed by atoms with Crippen molar-refractivity contribution >= 4 is 19.5 Å². The summed E-state index contributed by atoms with van der Waals surface area (Å²) in [6.07, 6.45) is 6.68. The molecule has 0 aromatic carbocycles. The average molecular weight is 463 g/mol. The van der Waals surface area contributed by atoms with Gasteiger partial charge in [0.1, 0.15) is 0 Å². The van der Waals surface area contributed by atoms with E-state index >= 15 is 0 Å². The van der Waals surface area contributed by atoms with Crippen molar-refractivity contribution in [3.8, 4) is 0 Å². The quantitative estimate of drug-likeness (QED) is 0.291. The molecular weight excluding hydrogens is 419 g/mol. The summed E-state index contributed by atoms with van der Waals surface area (Å²) >= 11 is 0. The molecule has 6 unspecified atom stereocenters. The summed E-state index contributed by atoms with van der Waals surface area (Å²) in [6, 6.07) is 0. The second-order valence-electron chi connectivity index (χ2n) is 8.90. The first-order valence-corrected chi connectivity index (χ1v) is 13.5. The van der Waals surface area contributed by atoms with Gasteiger partial charge in [0.15, 0.2) is 0 Å². The largest absolute Gasteiger partial charge is 0.481 e. The topological polar surface area (TPSA) is 110 Å². The molecule has 31 heavy (non-hydrogen) atoms. The van der Waals surface area contributed by atoms with Gasteiger partial charge in [0.25, 0.3) is 0 Å². The minimum Gasteiger partial charge on any atom is -0.481 e. The third-order valence-electron chi connectivity index (χ3n) is 7.44. The normalized spacial score (nSPS) is 28.4. The minimum absolute atomic E-state index is 0.0554. The van der Waals surface area contributed by atoms with Crippen LogP contribution >= 0.6 is 7.60 Å².